The van der Waals surface area contributed by atoms with Crippen molar-refractivity contribution in [1.82, 2.24) is 9.88 Å². The SMILES string of the molecule is CN(CCc1nc(CCl)cs1)Cc1ccccc1. The van der Waals surface area contributed by atoms with Gasteiger partial charge in [0.2, 0.25) is 0 Å². The lowest BCUT2D eigenvalue weighted by Gasteiger charge is -2.15. The second kappa shape index (κ2) is 6.88. The number of rotatable bonds is 6. The Balaban J connectivity index is 1.79. The fourth-order valence-electron chi connectivity index (χ4n) is 1.79. The van der Waals surface area contributed by atoms with E-state index in [-0.39, 0.29) is 0 Å². The van der Waals surface area contributed by atoms with Gasteiger partial charge in [0.15, 0.2) is 0 Å². The molecule has 2 aromatic rings. The van der Waals surface area contributed by atoms with E-state index in [0.29, 0.717) is 5.88 Å². The Bertz CT molecular complexity index is 470. The number of hydrogen-bond donors (Lipinski definition) is 0. The van der Waals surface area contributed by atoms with Gasteiger partial charge in [-0.15, -0.1) is 22.9 Å². The fraction of sp³-hybridized carbons (Fsp3) is 0.357. The predicted molar refractivity (Wildman–Crippen MR) is 78.2 cm³/mol. The zero-order valence-electron chi connectivity index (χ0n) is 10.5. The maximum atomic E-state index is 5.74. The average molecular weight is 281 g/mol. The Labute approximate surface area is 117 Å². The van der Waals surface area contributed by atoms with Gasteiger partial charge in [0.1, 0.15) is 0 Å². The van der Waals surface area contributed by atoms with Crippen molar-refractivity contribution in [2.45, 2.75) is 18.8 Å². The molecule has 18 heavy (non-hydrogen) atoms. The summed E-state index contributed by atoms with van der Waals surface area (Å²) in [7, 11) is 2.14. The van der Waals surface area contributed by atoms with Crippen LogP contribution in [-0.4, -0.2) is 23.5 Å². The molecule has 0 unspecified atom stereocenters. The van der Waals surface area contributed by atoms with E-state index in [0.717, 1.165) is 25.2 Å². The van der Waals surface area contributed by atoms with Crippen LogP contribution in [0.25, 0.3) is 0 Å². The molecule has 0 saturated heterocycles. The van der Waals surface area contributed by atoms with Crippen molar-refractivity contribution in [3.8, 4) is 0 Å². The molecule has 0 N–H and O–H groups in total. The number of alkyl halides is 1. The largest absolute Gasteiger partial charge is 0.302 e. The Morgan fingerprint density at radius 1 is 1.28 bits per heavy atom. The predicted octanol–water partition coefficient (Wildman–Crippen LogP) is 3.56. The summed E-state index contributed by atoms with van der Waals surface area (Å²) >= 11 is 7.44. The number of thiazole rings is 1. The Morgan fingerprint density at radius 2 is 2.06 bits per heavy atom. The average Bonchev–Trinajstić information content (AvgIpc) is 2.85. The highest BCUT2D eigenvalue weighted by molar-refractivity contribution is 7.09. The molecule has 0 spiro atoms. The minimum atomic E-state index is 0.510. The van der Waals surface area contributed by atoms with E-state index in [1.807, 2.05) is 11.4 Å². The van der Waals surface area contributed by atoms with E-state index in [4.69, 9.17) is 11.6 Å². The minimum Gasteiger partial charge on any atom is -0.302 e. The smallest absolute Gasteiger partial charge is 0.0941 e. The lowest BCUT2D eigenvalue weighted by atomic mass is 10.2. The minimum absolute atomic E-state index is 0.510. The molecular formula is C14H17ClN2S. The van der Waals surface area contributed by atoms with E-state index in [1.165, 1.54) is 10.6 Å². The Morgan fingerprint density at radius 3 is 2.72 bits per heavy atom. The second-order valence-corrected chi connectivity index (χ2v) is 5.55. The molecular weight excluding hydrogens is 264 g/mol. The number of benzene rings is 1. The van der Waals surface area contributed by atoms with Crippen molar-refractivity contribution in [1.29, 1.82) is 0 Å². The van der Waals surface area contributed by atoms with Crippen molar-refractivity contribution >= 4 is 22.9 Å². The van der Waals surface area contributed by atoms with Crippen LogP contribution in [-0.2, 0) is 18.8 Å². The third-order valence-corrected chi connectivity index (χ3v) is 3.97. The summed E-state index contributed by atoms with van der Waals surface area (Å²) in [6, 6.07) is 10.5. The van der Waals surface area contributed by atoms with Crippen LogP contribution < -0.4 is 0 Å². The van der Waals surface area contributed by atoms with Crippen LogP contribution >= 0.6 is 22.9 Å². The van der Waals surface area contributed by atoms with Crippen molar-refractivity contribution < 1.29 is 0 Å². The topological polar surface area (TPSA) is 16.1 Å². The maximum Gasteiger partial charge on any atom is 0.0941 e. The zero-order chi connectivity index (χ0) is 12.8. The van der Waals surface area contributed by atoms with Gasteiger partial charge in [-0.3, -0.25) is 0 Å². The quantitative estimate of drug-likeness (QED) is 0.752. The molecule has 1 aromatic heterocycles. The zero-order valence-corrected chi connectivity index (χ0v) is 12.0. The van der Waals surface area contributed by atoms with Gasteiger partial charge in [-0.1, -0.05) is 30.3 Å². The molecule has 0 bridgehead atoms. The van der Waals surface area contributed by atoms with Crippen molar-refractivity contribution in [2.75, 3.05) is 13.6 Å². The Hall–Kier alpha value is -0.900. The lowest BCUT2D eigenvalue weighted by Crippen LogP contribution is -2.20. The molecule has 96 valence electrons. The number of halogens is 1. The number of likely N-dealkylation sites (N-methyl/N-ethyl adjacent to an activating group) is 1. The molecule has 2 nitrogen and oxygen atoms in total. The molecule has 0 fully saturated rings. The monoisotopic (exact) mass is 280 g/mol. The number of nitrogens with zero attached hydrogens (tertiary/aromatic N) is 2. The molecule has 1 aromatic carbocycles. The standard InChI is InChI=1S/C14H17ClN2S/c1-17(10-12-5-3-2-4-6-12)8-7-14-16-13(9-15)11-18-14/h2-6,11H,7-10H2,1H3. The van der Waals surface area contributed by atoms with E-state index < -0.39 is 0 Å². The van der Waals surface area contributed by atoms with Crippen molar-refractivity contribution in [2.24, 2.45) is 0 Å². The molecule has 0 atom stereocenters. The molecule has 0 amide bonds. The van der Waals surface area contributed by atoms with Gasteiger partial charge < -0.3 is 4.90 Å². The Kier molecular flexibility index (Phi) is 5.17. The van der Waals surface area contributed by atoms with E-state index >= 15 is 0 Å². The summed E-state index contributed by atoms with van der Waals surface area (Å²) in [5, 5.41) is 3.21. The first-order valence-electron chi connectivity index (χ1n) is 5.99. The molecule has 0 aliphatic rings. The fourth-order valence-corrected chi connectivity index (χ4v) is 2.80. The van der Waals surface area contributed by atoms with Gasteiger partial charge >= 0.3 is 0 Å². The van der Waals surface area contributed by atoms with Gasteiger partial charge in [-0.2, -0.15) is 0 Å². The summed E-state index contributed by atoms with van der Waals surface area (Å²) < 4.78 is 0. The first-order valence-corrected chi connectivity index (χ1v) is 7.41. The maximum absolute atomic E-state index is 5.74. The summed E-state index contributed by atoms with van der Waals surface area (Å²) in [5.41, 5.74) is 2.34. The second-order valence-electron chi connectivity index (χ2n) is 4.34. The van der Waals surface area contributed by atoms with Crippen LogP contribution in [0.3, 0.4) is 0 Å². The molecule has 2 rings (SSSR count). The summed E-state index contributed by atoms with van der Waals surface area (Å²) in [6.07, 6.45) is 0.991. The molecule has 0 saturated carbocycles. The van der Waals surface area contributed by atoms with Crippen LogP contribution in [0.4, 0.5) is 0 Å². The van der Waals surface area contributed by atoms with Gasteiger partial charge in [0.25, 0.3) is 0 Å². The van der Waals surface area contributed by atoms with Gasteiger partial charge in [-0.05, 0) is 12.6 Å². The van der Waals surface area contributed by atoms with E-state index in [1.54, 1.807) is 11.3 Å². The molecule has 1 heterocycles. The first kappa shape index (κ1) is 13.5. The molecule has 0 radical (unpaired) electrons. The highest BCUT2D eigenvalue weighted by atomic mass is 35.5. The van der Waals surface area contributed by atoms with Crippen LogP contribution in [0.5, 0.6) is 0 Å². The van der Waals surface area contributed by atoms with E-state index in [2.05, 4.69) is 41.2 Å². The third-order valence-electron chi connectivity index (χ3n) is 2.74. The van der Waals surface area contributed by atoms with Crippen LogP contribution in [0.1, 0.15) is 16.3 Å². The van der Waals surface area contributed by atoms with Gasteiger partial charge in [0.05, 0.1) is 16.6 Å². The van der Waals surface area contributed by atoms with Crippen LogP contribution in [0, 0.1) is 0 Å². The molecule has 0 aliphatic heterocycles. The third kappa shape index (κ3) is 4.09. The lowest BCUT2D eigenvalue weighted by molar-refractivity contribution is 0.331. The summed E-state index contributed by atoms with van der Waals surface area (Å²) in [4.78, 5) is 6.78. The van der Waals surface area contributed by atoms with Crippen molar-refractivity contribution in [3.63, 3.8) is 0 Å². The highest BCUT2D eigenvalue weighted by Gasteiger charge is 2.04. The highest BCUT2D eigenvalue weighted by Crippen LogP contribution is 2.13. The van der Waals surface area contributed by atoms with E-state index in [9.17, 15) is 0 Å². The molecule has 4 heteroatoms. The first-order chi connectivity index (χ1) is 8.78. The molecule has 0 aliphatic carbocycles. The summed E-state index contributed by atoms with van der Waals surface area (Å²) in [5.74, 6) is 0.510. The van der Waals surface area contributed by atoms with Gasteiger partial charge in [0, 0.05) is 24.9 Å². The number of aromatic nitrogens is 1. The number of hydrogen-bond acceptors (Lipinski definition) is 3. The van der Waals surface area contributed by atoms with Crippen LogP contribution in [0.15, 0.2) is 35.7 Å². The normalized spacial score (nSPS) is 11.1. The van der Waals surface area contributed by atoms with Crippen molar-refractivity contribution in [3.05, 3.63) is 52.0 Å². The van der Waals surface area contributed by atoms with Crippen LogP contribution in [0.2, 0.25) is 0 Å². The van der Waals surface area contributed by atoms with Gasteiger partial charge in [-0.25, -0.2) is 4.98 Å². The summed E-state index contributed by atoms with van der Waals surface area (Å²) in [6.45, 7) is 2.00.